The van der Waals surface area contributed by atoms with Gasteiger partial charge in [0, 0.05) is 5.56 Å². The molecule has 2 rings (SSSR count). The van der Waals surface area contributed by atoms with E-state index in [1.54, 1.807) is 6.07 Å². The van der Waals surface area contributed by atoms with Crippen LogP contribution in [0.3, 0.4) is 0 Å². The molecule has 0 aliphatic heterocycles. The van der Waals surface area contributed by atoms with Gasteiger partial charge in [-0.3, -0.25) is 0 Å². The predicted molar refractivity (Wildman–Crippen MR) is 65.9 cm³/mol. The Kier molecular flexibility index (Phi) is 3.20. The third-order valence-corrected chi connectivity index (χ3v) is 2.74. The van der Waals surface area contributed by atoms with Gasteiger partial charge >= 0.3 is 0 Å². The van der Waals surface area contributed by atoms with Crippen molar-refractivity contribution in [3.8, 4) is 17.2 Å². The molecule has 1 nitrogen and oxygen atoms in total. The standard InChI is InChI=1S/C15H12FN/c1-2-11-4-3-5-13(8-11)14-9-12(10-17)6-7-15(14)16/h3-9H,2H2,1H3. The van der Waals surface area contributed by atoms with Gasteiger partial charge in [-0.2, -0.15) is 5.26 Å². The van der Waals surface area contributed by atoms with E-state index in [4.69, 9.17) is 5.26 Å². The van der Waals surface area contributed by atoms with Crippen molar-refractivity contribution in [2.45, 2.75) is 13.3 Å². The summed E-state index contributed by atoms with van der Waals surface area (Å²) in [5.74, 6) is -0.294. The quantitative estimate of drug-likeness (QED) is 0.759. The smallest absolute Gasteiger partial charge is 0.131 e. The Balaban J connectivity index is 2.55. The molecule has 2 heteroatoms. The van der Waals surface area contributed by atoms with Crippen LogP contribution in [0.25, 0.3) is 11.1 Å². The van der Waals surface area contributed by atoms with Gasteiger partial charge in [-0.1, -0.05) is 31.2 Å². The van der Waals surface area contributed by atoms with Crippen LogP contribution in [-0.4, -0.2) is 0 Å². The van der Waals surface area contributed by atoms with Gasteiger partial charge in [0.2, 0.25) is 0 Å². The molecule has 0 aromatic heterocycles. The van der Waals surface area contributed by atoms with Crippen LogP contribution in [0.5, 0.6) is 0 Å². The summed E-state index contributed by atoms with van der Waals surface area (Å²) in [7, 11) is 0. The van der Waals surface area contributed by atoms with E-state index in [0.29, 0.717) is 11.1 Å². The van der Waals surface area contributed by atoms with Gasteiger partial charge < -0.3 is 0 Å². The largest absolute Gasteiger partial charge is 0.206 e. The lowest BCUT2D eigenvalue weighted by Gasteiger charge is -2.05. The molecule has 0 saturated heterocycles. The van der Waals surface area contributed by atoms with Crippen molar-refractivity contribution in [3.05, 3.63) is 59.4 Å². The Morgan fingerprint density at radius 3 is 2.71 bits per heavy atom. The molecule has 84 valence electrons. The normalized spacial score (nSPS) is 9.94. The first-order valence-electron chi connectivity index (χ1n) is 5.53. The highest BCUT2D eigenvalue weighted by atomic mass is 19.1. The van der Waals surface area contributed by atoms with Gasteiger partial charge in [-0.05, 0) is 35.7 Å². The molecule has 0 N–H and O–H groups in total. The van der Waals surface area contributed by atoms with E-state index in [-0.39, 0.29) is 5.82 Å². The Morgan fingerprint density at radius 1 is 1.18 bits per heavy atom. The number of aryl methyl sites for hydroxylation is 1. The lowest BCUT2D eigenvalue weighted by atomic mass is 10.00. The first kappa shape index (κ1) is 11.3. The third kappa shape index (κ3) is 2.34. The number of halogens is 1. The molecular formula is C15H12FN. The molecule has 0 spiro atoms. The molecule has 2 aromatic carbocycles. The van der Waals surface area contributed by atoms with Gasteiger partial charge in [0.1, 0.15) is 5.82 Å². The number of rotatable bonds is 2. The Bertz CT molecular complexity index is 582. The lowest BCUT2D eigenvalue weighted by Crippen LogP contribution is -1.88. The van der Waals surface area contributed by atoms with Crippen LogP contribution in [0.2, 0.25) is 0 Å². The number of nitrogens with zero attached hydrogens (tertiary/aromatic N) is 1. The van der Waals surface area contributed by atoms with E-state index in [2.05, 4.69) is 6.92 Å². The zero-order chi connectivity index (χ0) is 12.3. The molecule has 0 atom stereocenters. The fourth-order valence-electron chi connectivity index (χ4n) is 1.77. The van der Waals surface area contributed by atoms with Crippen LogP contribution in [0.4, 0.5) is 4.39 Å². The second-order valence-electron chi connectivity index (χ2n) is 3.86. The average Bonchev–Trinajstić information content (AvgIpc) is 2.39. The van der Waals surface area contributed by atoms with Gasteiger partial charge in [0.05, 0.1) is 11.6 Å². The second-order valence-corrected chi connectivity index (χ2v) is 3.86. The molecule has 0 bridgehead atoms. The predicted octanol–water partition coefficient (Wildman–Crippen LogP) is 3.93. The van der Waals surface area contributed by atoms with Crippen molar-refractivity contribution in [2.75, 3.05) is 0 Å². The fourth-order valence-corrected chi connectivity index (χ4v) is 1.77. The van der Waals surface area contributed by atoms with Crippen molar-refractivity contribution >= 4 is 0 Å². The van der Waals surface area contributed by atoms with Crippen molar-refractivity contribution in [3.63, 3.8) is 0 Å². The minimum absolute atomic E-state index is 0.294. The van der Waals surface area contributed by atoms with Crippen LogP contribution < -0.4 is 0 Å². The van der Waals surface area contributed by atoms with Gasteiger partial charge in [0.15, 0.2) is 0 Å². The Labute approximate surface area is 100 Å². The van der Waals surface area contributed by atoms with Crippen molar-refractivity contribution in [1.29, 1.82) is 5.26 Å². The van der Waals surface area contributed by atoms with Gasteiger partial charge in [-0.25, -0.2) is 4.39 Å². The second kappa shape index (κ2) is 4.80. The topological polar surface area (TPSA) is 23.8 Å². The van der Waals surface area contributed by atoms with Crippen LogP contribution in [0.1, 0.15) is 18.1 Å². The van der Waals surface area contributed by atoms with Crippen LogP contribution in [0.15, 0.2) is 42.5 Å². The Hall–Kier alpha value is -2.14. The maximum atomic E-state index is 13.7. The van der Waals surface area contributed by atoms with Crippen LogP contribution in [-0.2, 0) is 6.42 Å². The lowest BCUT2D eigenvalue weighted by molar-refractivity contribution is 0.631. The summed E-state index contributed by atoms with van der Waals surface area (Å²) < 4.78 is 13.7. The number of hydrogen-bond donors (Lipinski definition) is 0. The molecule has 0 saturated carbocycles. The Morgan fingerprint density at radius 2 is 2.00 bits per heavy atom. The van der Waals surface area contributed by atoms with Crippen molar-refractivity contribution < 1.29 is 4.39 Å². The molecule has 0 amide bonds. The summed E-state index contributed by atoms with van der Waals surface area (Å²) in [6.45, 7) is 2.06. The molecular weight excluding hydrogens is 213 g/mol. The minimum atomic E-state index is -0.294. The summed E-state index contributed by atoms with van der Waals surface area (Å²) in [6, 6.07) is 14.2. The summed E-state index contributed by atoms with van der Waals surface area (Å²) in [5.41, 5.74) is 2.94. The maximum Gasteiger partial charge on any atom is 0.131 e. The van der Waals surface area contributed by atoms with Crippen LogP contribution in [0, 0.1) is 17.1 Å². The number of nitriles is 1. The highest BCUT2D eigenvalue weighted by Gasteiger charge is 2.06. The first-order valence-corrected chi connectivity index (χ1v) is 5.53. The zero-order valence-electron chi connectivity index (χ0n) is 9.57. The van der Waals surface area contributed by atoms with Gasteiger partial charge in [-0.15, -0.1) is 0 Å². The average molecular weight is 225 g/mol. The zero-order valence-corrected chi connectivity index (χ0v) is 9.57. The maximum absolute atomic E-state index is 13.7. The van der Waals surface area contributed by atoms with E-state index in [9.17, 15) is 4.39 Å². The molecule has 0 radical (unpaired) electrons. The molecule has 0 aliphatic rings. The number of hydrogen-bond acceptors (Lipinski definition) is 1. The van der Waals surface area contributed by atoms with E-state index < -0.39 is 0 Å². The fraction of sp³-hybridized carbons (Fsp3) is 0.133. The molecule has 0 fully saturated rings. The van der Waals surface area contributed by atoms with Crippen LogP contribution >= 0.6 is 0 Å². The van der Waals surface area contributed by atoms with Crippen molar-refractivity contribution in [1.82, 2.24) is 0 Å². The van der Waals surface area contributed by atoms with Gasteiger partial charge in [0.25, 0.3) is 0 Å². The van der Waals surface area contributed by atoms with Crippen molar-refractivity contribution in [2.24, 2.45) is 0 Å². The van der Waals surface area contributed by atoms with E-state index in [1.165, 1.54) is 12.1 Å². The summed E-state index contributed by atoms with van der Waals surface area (Å²) >= 11 is 0. The van der Waals surface area contributed by atoms with E-state index in [0.717, 1.165) is 17.5 Å². The summed E-state index contributed by atoms with van der Waals surface area (Å²) in [5, 5.41) is 8.83. The summed E-state index contributed by atoms with van der Waals surface area (Å²) in [4.78, 5) is 0. The minimum Gasteiger partial charge on any atom is -0.206 e. The highest BCUT2D eigenvalue weighted by molar-refractivity contribution is 5.66. The SMILES string of the molecule is CCc1cccc(-c2cc(C#N)ccc2F)c1. The molecule has 0 aliphatic carbocycles. The summed E-state index contributed by atoms with van der Waals surface area (Å²) in [6.07, 6.45) is 0.910. The van der Waals surface area contributed by atoms with E-state index >= 15 is 0 Å². The monoisotopic (exact) mass is 225 g/mol. The number of benzene rings is 2. The van der Waals surface area contributed by atoms with E-state index in [1.807, 2.05) is 30.3 Å². The molecule has 2 aromatic rings. The molecule has 17 heavy (non-hydrogen) atoms. The third-order valence-electron chi connectivity index (χ3n) is 2.74. The molecule has 0 heterocycles. The highest BCUT2D eigenvalue weighted by Crippen LogP contribution is 2.24. The molecule has 0 unspecified atom stereocenters. The first-order chi connectivity index (χ1) is 8.24.